The molecule has 1 saturated heterocycles. The standard InChI is InChI=1S/C12H25N3O2/c1-11(10-15-7-3-2-4-8-15)14-12(17)13-6-5-9-16/h11,16H,2-10H2,1H3,(H2,13,14,17). The van der Waals surface area contributed by atoms with Crippen LogP contribution in [-0.4, -0.2) is 54.9 Å². The molecule has 0 spiro atoms. The minimum absolute atomic E-state index is 0.115. The number of rotatable bonds is 6. The van der Waals surface area contributed by atoms with Gasteiger partial charge in [0.2, 0.25) is 0 Å². The Hall–Kier alpha value is -0.810. The largest absolute Gasteiger partial charge is 0.396 e. The molecule has 3 N–H and O–H groups in total. The van der Waals surface area contributed by atoms with Gasteiger partial charge in [0.05, 0.1) is 0 Å². The van der Waals surface area contributed by atoms with Gasteiger partial charge in [0, 0.05) is 25.7 Å². The second-order valence-corrected chi connectivity index (χ2v) is 4.74. The van der Waals surface area contributed by atoms with Crippen molar-refractivity contribution in [3.05, 3.63) is 0 Å². The molecule has 1 unspecified atom stereocenters. The van der Waals surface area contributed by atoms with Crippen molar-refractivity contribution >= 4 is 6.03 Å². The van der Waals surface area contributed by atoms with Gasteiger partial charge in [-0.05, 0) is 39.3 Å². The first-order chi connectivity index (χ1) is 8.22. The van der Waals surface area contributed by atoms with Crippen LogP contribution in [0.2, 0.25) is 0 Å². The van der Waals surface area contributed by atoms with Crippen LogP contribution in [0.1, 0.15) is 32.6 Å². The predicted octanol–water partition coefficient (Wildman–Crippen LogP) is 0.542. The quantitative estimate of drug-likeness (QED) is 0.597. The first-order valence-electron chi connectivity index (χ1n) is 6.60. The second kappa shape index (κ2) is 8.31. The number of hydrogen-bond donors (Lipinski definition) is 3. The number of nitrogens with one attached hydrogen (secondary N) is 2. The number of urea groups is 1. The molecule has 1 heterocycles. The highest BCUT2D eigenvalue weighted by Gasteiger charge is 2.14. The van der Waals surface area contributed by atoms with E-state index in [9.17, 15) is 4.79 Å². The Morgan fingerprint density at radius 1 is 1.35 bits per heavy atom. The Morgan fingerprint density at radius 2 is 2.06 bits per heavy atom. The predicted molar refractivity (Wildman–Crippen MR) is 68.0 cm³/mol. The smallest absolute Gasteiger partial charge is 0.315 e. The number of piperidine rings is 1. The topological polar surface area (TPSA) is 64.6 Å². The lowest BCUT2D eigenvalue weighted by atomic mass is 10.1. The molecular weight excluding hydrogens is 218 g/mol. The van der Waals surface area contributed by atoms with Gasteiger partial charge in [0.15, 0.2) is 0 Å². The molecule has 1 fully saturated rings. The molecule has 0 aromatic carbocycles. The molecule has 5 nitrogen and oxygen atoms in total. The van der Waals surface area contributed by atoms with Gasteiger partial charge >= 0.3 is 6.03 Å². The number of nitrogens with zero attached hydrogens (tertiary/aromatic N) is 1. The number of carbonyl (C=O) groups is 1. The lowest BCUT2D eigenvalue weighted by Crippen LogP contribution is -2.47. The highest BCUT2D eigenvalue weighted by atomic mass is 16.3. The number of aliphatic hydroxyl groups excluding tert-OH is 1. The van der Waals surface area contributed by atoms with Crippen LogP contribution in [0.5, 0.6) is 0 Å². The third-order valence-corrected chi connectivity index (χ3v) is 2.98. The molecule has 0 aliphatic carbocycles. The van der Waals surface area contributed by atoms with E-state index in [4.69, 9.17) is 5.11 Å². The molecule has 100 valence electrons. The molecule has 0 aromatic heterocycles. The van der Waals surface area contributed by atoms with E-state index in [0.29, 0.717) is 13.0 Å². The number of amides is 2. The summed E-state index contributed by atoms with van der Waals surface area (Å²) in [6, 6.07) is 0.0326. The monoisotopic (exact) mass is 243 g/mol. The lowest BCUT2D eigenvalue weighted by Gasteiger charge is -2.29. The van der Waals surface area contributed by atoms with Crippen molar-refractivity contribution in [3.63, 3.8) is 0 Å². The molecule has 17 heavy (non-hydrogen) atoms. The third kappa shape index (κ3) is 6.48. The molecule has 0 bridgehead atoms. The summed E-state index contributed by atoms with van der Waals surface area (Å²) in [4.78, 5) is 13.9. The zero-order valence-corrected chi connectivity index (χ0v) is 10.7. The summed E-state index contributed by atoms with van der Waals surface area (Å²) in [5, 5.41) is 14.2. The van der Waals surface area contributed by atoms with E-state index >= 15 is 0 Å². The fraction of sp³-hybridized carbons (Fsp3) is 0.917. The lowest BCUT2D eigenvalue weighted by molar-refractivity contribution is 0.202. The van der Waals surface area contributed by atoms with Gasteiger partial charge in [-0.15, -0.1) is 0 Å². The van der Waals surface area contributed by atoms with E-state index in [0.717, 1.165) is 19.6 Å². The van der Waals surface area contributed by atoms with Gasteiger partial charge in [-0.25, -0.2) is 4.79 Å². The number of likely N-dealkylation sites (tertiary alicyclic amines) is 1. The van der Waals surface area contributed by atoms with E-state index in [1.807, 2.05) is 6.92 Å². The van der Waals surface area contributed by atoms with Gasteiger partial charge in [-0.1, -0.05) is 6.42 Å². The first kappa shape index (κ1) is 14.3. The van der Waals surface area contributed by atoms with Crippen molar-refractivity contribution in [3.8, 4) is 0 Å². The van der Waals surface area contributed by atoms with Gasteiger partial charge in [0.25, 0.3) is 0 Å². The van der Waals surface area contributed by atoms with Crippen molar-refractivity contribution < 1.29 is 9.90 Å². The highest BCUT2D eigenvalue weighted by molar-refractivity contribution is 5.74. The van der Waals surface area contributed by atoms with E-state index in [1.54, 1.807) is 0 Å². The minimum Gasteiger partial charge on any atom is -0.396 e. The van der Waals surface area contributed by atoms with Crippen molar-refractivity contribution in [1.29, 1.82) is 0 Å². The highest BCUT2D eigenvalue weighted by Crippen LogP contribution is 2.08. The van der Waals surface area contributed by atoms with Crippen molar-refractivity contribution in [2.24, 2.45) is 0 Å². The minimum atomic E-state index is -0.136. The van der Waals surface area contributed by atoms with E-state index < -0.39 is 0 Å². The van der Waals surface area contributed by atoms with Crippen LogP contribution in [0.3, 0.4) is 0 Å². The first-order valence-corrected chi connectivity index (χ1v) is 6.60. The van der Waals surface area contributed by atoms with Crippen LogP contribution in [-0.2, 0) is 0 Å². The normalized spacial score (nSPS) is 18.7. The Bertz CT molecular complexity index is 218. The van der Waals surface area contributed by atoms with Gasteiger partial charge < -0.3 is 20.6 Å². The molecule has 0 radical (unpaired) electrons. The number of carbonyl (C=O) groups excluding carboxylic acids is 1. The zero-order valence-electron chi connectivity index (χ0n) is 10.7. The average Bonchev–Trinajstić information content (AvgIpc) is 2.30. The summed E-state index contributed by atoms with van der Waals surface area (Å²) < 4.78 is 0. The fourth-order valence-corrected chi connectivity index (χ4v) is 2.13. The summed E-state index contributed by atoms with van der Waals surface area (Å²) in [6.07, 6.45) is 4.48. The summed E-state index contributed by atoms with van der Waals surface area (Å²) in [6.45, 7) is 5.90. The number of hydrogen-bond acceptors (Lipinski definition) is 3. The maximum Gasteiger partial charge on any atom is 0.315 e. The third-order valence-electron chi connectivity index (χ3n) is 2.98. The van der Waals surface area contributed by atoms with Crippen molar-refractivity contribution in [2.45, 2.75) is 38.6 Å². The Kier molecular flexibility index (Phi) is 6.96. The van der Waals surface area contributed by atoms with Gasteiger partial charge in [0.1, 0.15) is 0 Å². The second-order valence-electron chi connectivity index (χ2n) is 4.74. The maximum atomic E-state index is 11.4. The van der Waals surface area contributed by atoms with Crippen LogP contribution < -0.4 is 10.6 Å². The summed E-state index contributed by atoms with van der Waals surface area (Å²) in [7, 11) is 0. The SMILES string of the molecule is CC(CN1CCCCC1)NC(=O)NCCCO. The number of aliphatic hydroxyl groups is 1. The Labute approximate surface area is 104 Å². The van der Waals surface area contributed by atoms with Crippen LogP contribution in [0.15, 0.2) is 0 Å². The van der Waals surface area contributed by atoms with Crippen LogP contribution in [0.25, 0.3) is 0 Å². The molecule has 2 amide bonds. The van der Waals surface area contributed by atoms with E-state index in [1.165, 1.54) is 19.3 Å². The zero-order chi connectivity index (χ0) is 12.5. The molecule has 1 aliphatic heterocycles. The molecule has 0 saturated carbocycles. The fourth-order valence-electron chi connectivity index (χ4n) is 2.13. The molecular formula is C12H25N3O2. The van der Waals surface area contributed by atoms with Gasteiger partial charge in [-0.2, -0.15) is 0 Å². The van der Waals surface area contributed by atoms with Gasteiger partial charge in [-0.3, -0.25) is 0 Å². The van der Waals surface area contributed by atoms with Crippen molar-refractivity contribution in [2.75, 3.05) is 32.8 Å². The Morgan fingerprint density at radius 3 is 2.71 bits per heavy atom. The molecule has 1 aliphatic rings. The summed E-state index contributed by atoms with van der Waals surface area (Å²) >= 11 is 0. The van der Waals surface area contributed by atoms with Crippen molar-refractivity contribution in [1.82, 2.24) is 15.5 Å². The van der Waals surface area contributed by atoms with E-state index in [-0.39, 0.29) is 18.7 Å². The molecule has 5 heteroatoms. The summed E-state index contributed by atoms with van der Waals surface area (Å²) in [5.41, 5.74) is 0. The van der Waals surface area contributed by atoms with Crippen LogP contribution >= 0.6 is 0 Å². The Balaban J connectivity index is 2.10. The van der Waals surface area contributed by atoms with E-state index in [2.05, 4.69) is 15.5 Å². The molecule has 0 aromatic rings. The molecule has 1 atom stereocenters. The average molecular weight is 243 g/mol. The maximum absolute atomic E-state index is 11.4. The van der Waals surface area contributed by atoms with Crippen LogP contribution in [0, 0.1) is 0 Å². The van der Waals surface area contributed by atoms with Crippen LogP contribution in [0.4, 0.5) is 4.79 Å². The molecule has 1 rings (SSSR count). The summed E-state index contributed by atoms with van der Waals surface area (Å²) in [5.74, 6) is 0.